The van der Waals surface area contributed by atoms with Crippen molar-refractivity contribution in [2.45, 2.75) is 26.2 Å². The zero-order valence-electron chi connectivity index (χ0n) is 11.2. The van der Waals surface area contributed by atoms with E-state index in [1.165, 1.54) is 12.2 Å². The Morgan fingerprint density at radius 3 is 2.35 bits per heavy atom. The van der Waals surface area contributed by atoms with Crippen LogP contribution in [0.3, 0.4) is 0 Å². The van der Waals surface area contributed by atoms with E-state index < -0.39 is 5.91 Å². The molecule has 7 heteroatoms. The second-order valence-electron chi connectivity index (χ2n) is 4.30. The monoisotopic (exact) mass is 280 g/mol. The molecule has 0 aromatic carbocycles. The smallest absolute Gasteiger partial charge is 0.252 e. The number of hydrogen-bond acceptors (Lipinski definition) is 5. The van der Waals surface area contributed by atoms with Crippen molar-refractivity contribution >= 4 is 29.9 Å². The van der Waals surface area contributed by atoms with Crippen LogP contribution in [0.1, 0.15) is 26.2 Å². The molecule has 1 aliphatic rings. The zero-order valence-corrected chi connectivity index (χ0v) is 11.2. The number of ketones is 1. The Morgan fingerprint density at radius 1 is 1.25 bits per heavy atom. The van der Waals surface area contributed by atoms with Crippen LogP contribution in [0.4, 0.5) is 0 Å². The first-order chi connectivity index (χ1) is 9.49. The molecule has 1 aliphatic heterocycles. The topological polar surface area (TPSA) is 91.8 Å². The van der Waals surface area contributed by atoms with Gasteiger partial charge in [0.1, 0.15) is 0 Å². The molecule has 0 atom stereocenters. The number of carbonyl (C=O) groups is 5. The molecule has 0 bridgehead atoms. The van der Waals surface area contributed by atoms with Crippen molar-refractivity contribution in [1.82, 2.24) is 9.80 Å². The molecule has 0 aromatic rings. The third-order valence-electron chi connectivity index (χ3n) is 2.84. The Hall–Kier alpha value is -2.31. The highest BCUT2D eigenvalue weighted by Gasteiger charge is 2.30. The maximum Gasteiger partial charge on any atom is 0.252 e. The van der Waals surface area contributed by atoms with Crippen LogP contribution >= 0.6 is 0 Å². The summed E-state index contributed by atoms with van der Waals surface area (Å²) in [5.41, 5.74) is 0. The fourth-order valence-electron chi connectivity index (χ4n) is 1.75. The van der Waals surface area contributed by atoms with E-state index in [9.17, 15) is 24.0 Å². The molecule has 0 N–H and O–H groups in total. The minimum absolute atomic E-state index is 0.0677. The van der Waals surface area contributed by atoms with Crippen LogP contribution in [0.25, 0.3) is 0 Å². The standard InChI is InChI=1S/C13H16N2O5/c1-2-3-11(18)14(9-16)7-6-10(17)8-15-12(19)4-5-13(15)20/h2-3,9H,4-8H2,1H3/b3-2-. The van der Waals surface area contributed by atoms with Crippen molar-refractivity contribution in [3.63, 3.8) is 0 Å². The van der Waals surface area contributed by atoms with Crippen LogP contribution in [0, 0.1) is 0 Å². The van der Waals surface area contributed by atoms with Gasteiger partial charge in [-0.1, -0.05) is 6.08 Å². The maximum absolute atomic E-state index is 11.7. The van der Waals surface area contributed by atoms with E-state index in [0.29, 0.717) is 6.41 Å². The summed E-state index contributed by atoms with van der Waals surface area (Å²) in [7, 11) is 0. The van der Waals surface area contributed by atoms with E-state index in [0.717, 1.165) is 9.80 Å². The Kier molecular flexibility index (Phi) is 5.76. The lowest BCUT2D eigenvalue weighted by molar-refractivity contribution is -0.142. The van der Waals surface area contributed by atoms with E-state index in [4.69, 9.17) is 0 Å². The fraction of sp³-hybridized carbons (Fsp3) is 0.462. The van der Waals surface area contributed by atoms with Gasteiger partial charge in [0.15, 0.2) is 5.78 Å². The first kappa shape index (κ1) is 15.7. The molecule has 7 nitrogen and oxygen atoms in total. The highest BCUT2D eigenvalue weighted by molar-refractivity contribution is 6.04. The zero-order chi connectivity index (χ0) is 15.1. The number of likely N-dealkylation sites (tertiary alicyclic amines) is 1. The first-order valence-electron chi connectivity index (χ1n) is 6.23. The number of allylic oxidation sites excluding steroid dienone is 1. The molecule has 0 unspecified atom stereocenters. The molecule has 0 saturated carbocycles. The van der Waals surface area contributed by atoms with Gasteiger partial charge in [-0.25, -0.2) is 0 Å². The Bertz CT molecular complexity index is 453. The molecular weight excluding hydrogens is 264 g/mol. The van der Waals surface area contributed by atoms with E-state index in [2.05, 4.69) is 0 Å². The highest BCUT2D eigenvalue weighted by Crippen LogP contribution is 2.11. The molecule has 0 aliphatic carbocycles. The average molecular weight is 280 g/mol. The van der Waals surface area contributed by atoms with Crippen LogP contribution < -0.4 is 0 Å². The Balaban J connectivity index is 2.46. The van der Waals surface area contributed by atoms with E-state index in [1.54, 1.807) is 6.92 Å². The van der Waals surface area contributed by atoms with Crippen molar-refractivity contribution < 1.29 is 24.0 Å². The quantitative estimate of drug-likeness (QED) is 0.361. The third-order valence-corrected chi connectivity index (χ3v) is 2.84. The lowest BCUT2D eigenvalue weighted by atomic mass is 10.2. The minimum atomic E-state index is -0.511. The van der Waals surface area contributed by atoms with Crippen molar-refractivity contribution in [3.05, 3.63) is 12.2 Å². The largest absolute Gasteiger partial charge is 0.298 e. The van der Waals surface area contributed by atoms with Gasteiger partial charge in [0.2, 0.25) is 18.2 Å². The van der Waals surface area contributed by atoms with Crippen molar-refractivity contribution in [2.75, 3.05) is 13.1 Å². The molecule has 0 radical (unpaired) electrons. The van der Waals surface area contributed by atoms with Gasteiger partial charge in [-0.15, -0.1) is 0 Å². The van der Waals surface area contributed by atoms with Gasteiger partial charge >= 0.3 is 0 Å². The fourth-order valence-corrected chi connectivity index (χ4v) is 1.75. The lowest BCUT2D eigenvalue weighted by Gasteiger charge is -2.15. The molecule has 0 spiro atoms. The number of amides is 4. The summed E-state index contributed by atoms with van der Waals surface area (Å²) >= 11 is 0. The third kappa shape index (κ3) is 4.11. The van der Waals surface area contributed by atoms with Crippen LogP contribution in [0.2, 0.25) is 0 Å². The summed E-state index contributed by atoms with van der Waals surface area (Å²) in [5, 5.41) is 0. The first-order valence-corrected chi connectivity index (χ1v) is 6.23. The van der Waals surface area contributed by atoms with Crippen molar-refractivity contribution in [1.29, 1.82) is 0 Å². The number of nitrogens with zero attached hydrogens (tertiary/aromatic N) is 2. The van der Waals surface area contributed by atoms with E-state index >= 15 is 0 Å². The molecule has 20 heavy (non-hydrogen) atoms. The van der Waals surface area contributed by atoms with Gasteiger partial charge in [0.25, 0.3) is 5.91 Å². The molecule has 1 saturated heterocycles. The van der Waals surface area contributed by atoms with E-state index in [-0.39, 0.29) is 49.9 Å². The Morgan fingerprint density at radius 2 is 1.85 bits per heavy atom. The SMILES string of the molecule is C/C=C\C(=O)N(C=O)CCC(=O)CN1C(=O)CCC1=O. The van der Waals surface area contributed by atoms with Gasteiger partial charge in [-0.3, -0.25) is 33.8 Å². The normalized spacial score (nSPS) is 14.9. The molecule has 1 heterocycles. The van der Waals surface area contributed by atoms with Gasteiger partial charge in [0.05, 0.1) is 6.54 Å². The van der Waals surface area contributed by atoms with Gasteiger partial charge in [0, 0.05) is 25.8 Å². The highest BCUT2D eigenvalue weighted by atomic mass is 16.2. The van der Waals surface area contributed by atoms with Crippen molar-refractivity contribution in [3.8, 4) is 0 Å². The maximum atomic E-state index is 11.7. The summed E-state index contributed by atoms with van der Waals surface area (Å²) in [4.78, 5) is 58.3. The van der Waals surface area contributed by atoms with Crippen molar-refractivity contribution in [2.24, 2.45) is 0 Å². The Labute approximate surface area is 116 Å². The average Bonchev–Trinajstić information content (AvgIpc) is 2.71. The molecule has 0 aromatic heterocycles. The predicted molar refractivity (Wildman–Crippen MR) is 68.2 cm³/mol. The van der Waals surface area contributed by atoms with Gasteiger partial charge in [-0.2, -0.15) is 0 Å². The summed E-state index contributed by atoms with van der Waals surface area (Å²) in [5.74, 6) is -1.60. The minimum Gasteiger partial charge on any atom is -0.298 e. The summed E-state index contributed by atoms with van der Waals surface area (Å²) in [6, 6.07) is 0. The number of carbonyl (C=O) groups excluding carboxylic acids is 5. The van der Waals surface area contributed by atoms with Crippen LogP contribution in [-0.4, -0.2) is 52.8 Å². The second kappa shape index (κ2) is 7.32. The molecule has 4 amide bonds. The van der Waals surface area contributed by atoms with Gasteiger partial charge in [-0.05, 0) is 13.0 Å². The van der Waals surface area contributed by atoms with E-state index in [1.807, 2.05) is 0 Å². The summed E-state index contributed by atoms with van der Waals surface area (Å²) in [6.07, 6.45) is 3.23. The van der Waals surface area contributed by atoms with Gasteiger partial charge < -0.3 is 0 Å². The molecular formula is C13H16N2O5. The molecule has 1 fully saturated rings. The van der Waals surface area contributed by atoms with Crippen LogP contribution in [0.5, 0.6) is 0 Å². The number of hydrogen-bond donors (Lipinski definition) is 0. The number of Topliss-reactive ketones (excluding diaryl/α,β-unsaturated/α-hetero) is 1. The summed E-state index contributed by atoms with van der Waals surface area (Å²) < 4.78 is 0. The molecule has 108 valence electrons. The number of rotatable bonds is 7. The predicted octanol–water partition coefficient (Wildman–Crippen LogP) is -0.344. The molecule has 1 rings (SSSR count). The lowest BCUT2D eigenvalue weighted by Crippen LogP contribution is -2.36. The second-order valence-corrected chi connectivity index (χ2v) is 4.30. The van der Waals surface area contributed by atoms with Crippen LogP contribution in [0.15, 0.2) is 12.2 Å². The van der Waals surface area contributed by atoms with Crippen LogP contribution in [-0.2, 0) is 24.0 Å². The summed E-state index contributed by atoms with van der Waals surface area (Å²) in [6.45, 7) is 1.28. The number of imide groups is 2.